The zero-order valence-electron chi connectivity index (χ0n) is 11.3. The highest BCUT2D eigenvalue weighted by Crippen LogP contribution is 2.24. The smallest absolute Gasteiger partial charge is 0.242 e. The summed E-state index contributed by atoms with van der Waals surface area (Å²) in [5, 5.41) is 12.2. The van der Waals surface area contributed by atoms with Crippen molar-refractivity contribution in [3.05, 3.63) is 0 Å². The third-order valence-corrected chi connectivity index (χ3v) is 3.78. The highest BCUT2D eigenvalue weighted by molar-refractivity contribution is 5.85. The molecule has 1 amide bonds. The van der Waals surface area contributed by atoms with Crippen molar-refractivity contribution in [2.45, 2.75) is 57.5 Å². The lowest BCUT2D eigenvalue weighted by atomic mass is 9.92. The molecule has 0 aromatic heterocycles. The first-order valence-corrected chi connectivity index (χ1v) is 6.63. The summed E-state index contributed by atoms with van der Waals surface area (Å²) >= 11 is 0. The van der Waals surface area contributed by atoms with Gasteiger partial charge in [-0.15, -0.1) is 0 Å². The van der Waals surface area contributed by atoms with Crippen LogP contribution >= 0.6 is 0 Å². The van der Waals surface area contributed by atoms with Gasteiger partial charge in [0.15, 0.2) is 0 Å². The maximum atomic E-state index is 12.4. The van der Waals surface area contributed by atoms with Crippen LogP contribution in [0.4, 0.5) is 0 Å². The summed E-state index contributed by atoms with van der Waals surface area (Å²) in [6.07, 6.45) is 5.81. The summed E-state index contributed by atoms with van der Waals surface area (Å²) in [4.78, 5) is 14.3. The molecule has 4 nitrogen and oxygen atoms in total. The standard InChI is InChI=1S/C13H26N2O2/c1-13(2,14-3)12(17)15(9-10-16)11-7-5-4-6-8-11/h11,14,16H,4-10H2,1-3H3. The molecule has 0 aliphatic heterocycles. The van der Waals surface area contributed by atoms with Gasteiger partial charge in [-0.1, -0.05) is 19.3 Å². The number of hydrogen-bond acceptors (Lipinski definition) is 3. The van der Waals surface area contributed by atoms with E-state index in [9.17, 15) is 4.79 Å². The Hall–Kier alpha value is -0.610. The van der Waals surface area contributed by atoms with E-state index in [4.69, 9.17) is 5.11 Å². The Balaban J connectivity index is 2.73. The summed E-state index contributed by atoms with van der Waals surface area (Å²) in [6, 6.07) is 0.316. The lowest BCUT2D eigenvalue weighted by molar-refractivity contribution is -0.140. The molecule has 1 aliphatic carbocycles. The third kappa shape index (κ3) is 3.68. The Morgan fingerprint density at radius 1 is 1.35 bits per heavy atom. The van der Waals surface area contributed by atoms with Crippen molar-refractivity contribution in [3.8, 4) is 0 Å². The van der Waals surface area contributed by atoms with E-state index in [0.29, 0.717) is 12.6 Å². The number of nitrogens with one attached hydrogen (secondary N) is 1. The number of rotatable bonds is 5. The molecule has 0 radical (unpaired) electrons. The molecule has 4 heteroatoms. The summed E-state index contributed by atoms with van der Waals surface area (Å²) in [5.74, 6) is 0.0981. The van der Waals surface area contributed by atoms with Gasteiger partial charge in [-0.2, -0.15) is 0 Å². The van der Waals surface area contributed by atoms with E-state index in [-0.39, 0.29) is 12.5 Å². The zero-order chi connectivity index (χ0) is 12.9. The van der Waals surface area contributed by atoms with Crippen LogP contribution in [0.5, 0.6) is 0 Å². The van der Waals surface area contributed by atoms with Gasteiger partial charge in [0, 0.05) is 12.6 Å². The number of carbonyl (C=O) groups excluding carboxylic acids is 1. The van der Waals surface area contributed by atoms with Crippen molar-refractivity contribution in [1.29, 1.82) is 0 Å². The van der Waals surface area contributed by atoms with Crippen LogP contribution in [0.1, 0.15) is 46.0 Å². The van der Waals surface area contributed by atoms with Crippen LogP contribution in [0.25, 0.3) is 0 Å². The molecule has 1 rings (SSSR count). The van der Waals surface area contributed by atoms with E-state index < -0.39 is 5.54 Å². The topological polar surface area (TPSA) is 52.6 Å². The Bertz CT molecular complexity index is 248. The number of hydrogen-bond donors (Lipinski definition) is 2. The lowest BCUT2D eigenvalue weighted by Gasteiger charge is -2.38. The molecule has 0 unspecified atom stereocenters. The number of carbonyl (C=O) groups is 1. The van der Waals surface area contributed by atoms with Gasteiger partial charge in [-0.3, -0.25) is 4.79 Å². The second-order valence-corrected chi connectivity index (χ2v) is 5.39. The van der Waals surface area contributed by atoms with Crippen molar-refractivity contribution in [1.82, 2.24) is 10.2 Å². The molecule has 1 aliphatic rings. The Labute approximate surface area is 104 Å². The molecule has 2 N–H and O–H groups in total. The normalized spacial score (nSPS) is 18.1. The maximum Gasteiger partial charge on any atom is 0.242 e. The van der Waals surface area contributed by atoms with Gasteiger partial charge < -0.3 is 15.3 Å². The molecule has 0 aromatic carbocycles. The lowest BCUT2D eigenvalue weighted by Crippen LogP contribution is -2.56. The van der Waals surface area contributed by atoms with E-state index >= 15 is 0 Å². The van der Waals surface area contributed by atoms with Crippen molar-refractivity contribution >= 4 is 5.91 Å². The van der Waals surface area contributed by atoms with Gasteiger partial charge in [0.05, 0.1) is 12.1 Å². The molecule has 0 bridgehead atoms. The molecule has 0 aromatic rings. The van der Waals surface area contributed by atoms with Crippen LogP contribution < -0.4 is 5.32 Å². The van der Waals surface area contributed by atoms with Crippen molar-refractivity contribution in [3.63, 3.8) is 0 Å². The molecular formula is C13H26N2O2. The predicted molar refractivity (Wildman–Crippen MR) is 68.8 cm³/mol. The van der Waals surface area contributed by atoms with Crippen LogP contribution in [0.3, 0.4) is 0 Å². The second-order valence-electron chi connectivity index (χ2n) is 5.39. The van der Waals surface area contributed by atoms with Gasteiger partial charge in [0.1, 0.15) is 0 Å². The van der Waals surface area contributed by atoms with Gasteiger partial charge in [-0.25, -0.2) is 0 Å². The molecule has 100 valence electrons. The van der Waals surface area contributed by atoms with Crippen LogP contribution in [-0.2, 0) is 4.79 Å². The first-order valence-electron chi connectivity index (χ1n) is 6.63. The fraction of sp³-hybridized carbons (Fsp3) is 0.923. The quantitative estimate of drug-likeness (QED) is 0.760. The molecule has 1 fully saturated rings. The van der Waals surface area contributed by atoms with Gasteiger partial charge in [0.2, 0.25) is 5.91 Å². The maximum absolute atomic E-state index is 12.4. The molecule has 0 heterocycles. The van der Waals surface area contributed by atoms with Gasteiger partial charge >= 0.3 is 0 Å². The first kappa shape index (κ1) is 14.5. The van der Waals surface area contributed by atoms with E-state index in [0.717, 1.165) is 12.8 Å². The number of aliphatic hydroxyl groups is 1. The van der Waals surface area contributed by atoms with Gasteiger partial charge in [0.25, 0.3) is 0 Å². The van der Waals surface area contributed by atoms with Crippen molar-refractivity contribution in [2.24, 2.45) is 0 Å². The Morgan fingerprint density at radius 3 is 2.41 bits per heavy atom. The first-order chi connectivity index (χ1) is 8.03. The second kappa shape index (κ2) is 6.36. The highest BCUT2D eigenvalue weighted by Gasteiger charge is 2.34. The minimum Gasteiger partial charge on any atom is -0.395 e. The Morgan fingerprint density at radius 2 is 1.94 bits per heavy atom. The number of likely N-dealkylation sites (N-methyl/N-ethyl adjacent to an activating group) is 1. The number of nitrogens with zero attached hydrogens (tertiary/aromatic N) is 1. The fourth-order valence-corrected chi connectivity index (χ4v) is 2.42. The summed E-state index contributed by atoms with van der Waals surface area (Å²) < 4.78 is 0. The molecule has 17 heavy (non-hydrogen) atoms. The summed E-state index contributed by atoms with van der Waals surface area (Å²) in [7, 11) is 1.80. The highest BCUT2D eigenvalue weighted by atomic mass is 16.3. The fourth-order valence-electron chi connectivity index (χ4n) is 2.42. The largest absolute Gasteiger partial charge is 0.395 e. The zero-order valence-corrected chi connectivity index (χ0v) is 11.3. The Kier molecular flexibility index (Phi) is 5.40. The SMILES string of the molecule is CNC(C)(C)C(=O)N(CCO)C1CCCCC1. The molecule has 0 saturated heterocycles. The summed E-state index contributed by atoms with van der Waals surface area (Å²) in [5.41, 5.74) is -0.549. The molecule has 0 spiro atoms. The number of amides is 1. The van der Waals surface area contributed by atoms with Crippen LogP contribution in [-0.4, -0.2) is 47.7 Å². The van der Waals surface area contributed by atoms with Crippen LogP contribution in [0, 0.1) is 0 Å². The van der Waals surface area contributed by atoms with Gasteiger partial charge in [-0.05, 0) is 33.7 Å². The van der Waals surface area contributed by atoms with Crippen LogP contribution in [0.2, 0.25) is 0 Å². The van der Waals surface area contributed by atoms with E-state index in [2.05, 4.69) is 5.32 Å². The van der Waals surface area contributed by atoms with E-state index in [1.807, 2.05) is 18.7 Å². The monoisotopic (exact) mass is 242 g/mol. The minimum absolute atomic E-state index is 0.0437. The molecule has 1 saturated carbocycles. The van der Waals surface area contributed by atoms with E-state index in [1.54, 1.807) is 7.05 Å². The summed E-state index contributed by atoms with van der Waals surface area (Å²) in [6.45, 7) is 4.28. The molecular weight excluding hydrogens is 216 g/mol. The van der Waals surface area contributed by atoms with Crippen molar-refractivity contribution in [2.75, 3.05) is 20.2 Å². The molecule has 0 atom stereocenters. The van der Waals surface area contributed by atoms with E-state index in [1.165, 1.54) is 19.3 Å². The minimum atomic E-state index is -0.549. The van der Waals surface area contributed by atoms with Crippen LogP contribution in [0.15, 0.2) is 0 Å². The third-order valence-electron chi connectivity index (χ3n) is 3.78. The number of aliphatic hydroxyl groups excluding tert-OH is 1. The predicted octanol–water partition coefficient (Wildman–Crippen LogP) is 1.14. The van der Waals surface area contributed by atoms with Crippen molar-refractivity contribution < 1.29 is 9.90 Å². The average molecular weight is 242 g/mol. The average Bonchev–Trinajstić information content (AvgIpc) is 2.36.